The zero-order chi connectivity index (χ0) is 12.7. The summed E-state index contributed by atoms with van der Waals surface area (Å²) in [5.41, 5.74) is -0.707. The molecule has 0 atom stereocenters. The average Bonchev–Trinajstić information content (AvgIpc) is 2.25. The summed E-state index contributed by atoms with van der Waals surface area (Å²) >= 11 is 0. The molecule has 5 nitrogen and oxygen atoms in total. The van der Waals surface area contributed by atoms with E-state index in [9.17, 15) is 9.90 Å². The average molecular weight is 245 g/mol. The number of aliphatic carboxylic acids is 1. The van der Waals surface area contributed by atoms with Gasteiger partial charge < -0.3 is 14.9 Å². The second-order valence-corrected chi connectivity index (χ2v) is 4.88. The summed E-state index contributed by atoms with van der Waals surface area (Å²) in [6.45, 7) is 1.43. The van der Waals surface area contributed by atoms with Crippen molar-refractivity contribution in [3.63, 3.8) is 0 Å². The van der Waals surface area contributed by atoms with Gasteiger partial charge >= 0.3 is 5.97 Å². The molecule has 0 unspecified atom stereocenters. The minimum absolute atomic E-state index is 0.0360. The number of nitrogens with zero attached hydrogens (tertiary/aromatic N) is 1. The number of hydrogen-bond acceptors (Lipinski definition) is 4. The third-order valence-electron chi connectivity index (χ3n) is 3.27. The van der Waals surface area contributed by atoms with Gasteiger partial charge in [-0.05, 0) is 12.8 Å². The molecule has 0 spiro atoms. The molecule has 0 aliphatic heterocycles. The lowest BCUT2D eigenvalue weighted by atomic mass is 9.84. The highest BCUT2D eigenvalue weighted by Gasteiger charge is 2.31. The van der Waals surface area contributed by atoms with E-state index in [1.807, 2.05) is 0 Å². The zero-order valence-electron chi connectivity index (χ0n) is 10.5. The van der Waals surface area contributed by atoms with E-state index in [-0.39, 0.29) is 6.54 Å². The molecule has 0 radical (unpaired) electrons. The van der Waals surface area contributed by atoms with E-state index in [1.165, 1.54) is 6.42 Å². The first-order valence-corrected chi connectivity index (χ1v) is 6.21. The van der Waals surface area contributed by atoms with Crippen LogP contribution in [-0.2, 0) is 9.53 Å². The summed E-state index contributed by atoms with van der Waals surface area (Å²) in [6, 6.07) is 0. The number of ether oxygens (including phenoxy) is 1. The molecule has 0 aromatic heterocycles. The van der Waals surface area contributed by atoms with Gasteiger partial charge in [0.15, 0.2) is 0 Å². The van der Waals surface area contributed by atoms with Crippen LogP contribution in [0.25, 0.3) is 0 Å². The smallest absolute Gasteiger partial charge is 0.317 e. The molecule has 0 saturated heterocycles. The quantitative estimate of drug-likeness (QED) is 0.691. The largest absolute Gasteiger partial charge is 0.480 e. The van der Waals surface area contributed by atoms with Crippen LogP contribution >= 0.6 is 0 Å². The van der Waals surface area contributed by atoms with Gasteiger partial charge in [-0.25, -0.2) is 0 Å². The Kier molecular flexibility index (Phi) is 5.88. The van der Waals surface area contributed by atoms with Crippen LogP contribution in [0.3, 0.4) is 0 Å². The van der Waals surface area contributed by atoms with Gasteiger partial charge in [-0.3, -0.25) is 9.69 Å². The summed E-state index contributed by atoms with van der Waals surface area (Å²) in [4.78, 5) is 12.5. The van der Waals surface area contributed by atoms with Crippen LogP contribution in [0.4, 0.5) is 0 Å². The number of rotatable bonds is 7. The summed E-state index contributed by atoms with van der Waals surface area (Å²) in [5.74, 6) is -0.861. The van der Waals surface area contributed by atoms with Crippen molar-refractivity contribution in [2.45, 2.75) is 37.7 Å². The molecule has 100 valence electrons. The van der Waals surface area contributed by atoms with Crippen LogP contribution in [0.15, 0.2) is 0 Å². The van der Waals surface area contributed by atoms with Crippen LogP contribution in [0.5, 0.6) is 0 Å². The molecule has 0 aromatic carbocycles. The second-order valence-electron chi connectivity index (χ2n) is 4.88. The number of carbonyl (C=O) groups is 1. The van der Waals surface area contributed by atoms with Crippen LogP contribution in [0.1, 0.15) is 32.1 Å². The van der Waals surface area contributed by atoms with Gasteiger partial charge in [0.1, 0.15) is 0 Å². The van der Waals surface area contributed by atoms with E-state index in [2.05, 4.69) is 0 Å². The predicted octanol–water partition coefficient (Wildman–Crippen LogP) is 0.715. The molecule has 1 aliphatic rings. The van der Waals surface area contributed by atoms with E-state index < -0.39 is 11.6 Å². The molecular weight excluding hydrogens is 222 g/mol. The fraction of sp³-hybridized carbons (Fsp3) is 0.917. The lowest BCUT2D eigenvalue weighted by Crippen LogP contribution is -2.47. The molecule has 17 heavy (non-hydrogen) atoms. The maximum atomic E-state index is 10.8. The van der Waals surface area contributed by atoms with Crippen molar-refractivity contribution in [2.75, 3.05) is 33.4 Å². The Balaban J connectivity index is 2.47. The van der Waals surface area contributed by atoms with Crippen LogP contribution in [0.2, 0.25) is 0 Å². The third kappa shape index (κ3) is 5.48. The first kappa shape index (κ1) is 14.4. The van der Waals surface area contributed by atoms with Crippen LogP contribution in [0, 0.1) is 0 Å². The van der Waals surface area contributed by atoms with Crippen molar-refractivity contribution >= 4 is 5.97 Å². The second kappa shape index (κ2) is 6.93. The minimum atomic E-state index is -0.861. The van der Waals surface area contributed by atoms with Crippen molar-refractivity contribution in [1.82, 2.24) is 4.90 Å². The van der Waals surface area contributed by atoms with Gasteiger partial charge in [-0.15, -0.1) is 0 Å². The number of methoxy groups -OCH3 is 1. The maximum Gasteiger partial charge on any atom is 0.317 e. The van der Waals surface area contributed by atoms with E-state index in [4.69, 9.17) is 9.84 Å². The number of hydrogen-bond donors (Lipinski definition) is 2. The molecule has 1 aliphatic carbocycles. The first-order valence-electron chi connectivity index (χ1n) is 6.21. The highest BCUT2D eigenvalue weighted by atomic mass is 16.5. The van der Waals surface area contributed by atoms with Gasteiger partial charge in [0.2, 0.25) is 0 Å². The molecule has 1 saturated carbocycles. The summed E-state index contributed by atoms with van der Waals surface area (Å²) < 4.78 is 4.96. The number of carboxylic acid groups (broad SMARTS) is 1. The molecule has 0 heterocycles. The van der Waals surface area contributed by atoms with Crippen molar-refractivity contribution in [3.8, 4) is 0 Å². The van der Waals surface area contributed by atoms with Crippen LogP contribution < -0.4 is 0 Å². The minimum Gasteiger partial charge on any atom is -0.480 e. The standard InChI is InChI=1S/C12H23NO4/c1-17-8-7-13(9-11(14)15)10-12(16)5-3-2-4-6-12/h16H,2-10H2,1H3,(H,14,15). The first-order chi connectivity index (χ1) is 8.06. The van der Waals surface area contributed by atoms with Gasteiger partial charge in [0.05, 0.1) is 18.8 Å². The maximum absolute atomic E-state index is 10.8. The Labute approximate surface area is 102 Å². The fourth-order valence-electron chi connectivity index (χ4n) is 2.41. The lowest BCUT2D eigenvalue weighted by Gasteiger charge is -2.36. The molecule has 1 rings (SSSR count). The Bertz CT molecular complexity index is 239. The Hall–Kier alpha value is -0.650. The monoisotopic (exact) mass is 245 g/mol. The van der Waals surface area contributed by atoms with E-state index >= 15 is 0 Å². The van der Waals surface area contributed by atoms with Gasteiger partial charge in [-0.2, -0.15) is 0 Å². The summed E-state index contributed by atoms with van der Waals surface area (Å²) in [5, 5.41) is 19.2. The number of aliphatic hydroxyl groups is 1. The molecule has 0 bridgehead atoms. The van der Waals surface area contributed by atoms with Crippen molar-refractivity contribution in [3.05, 3.63) is 0 Å². The van der Waals surface area contributed by atoms with E-state index in [1.54, 1.807) is 12.0 Å². The van der Waals surface area contributed by atoms with Crippen molar-refractivity contribution in [1.29, 1.82) is 0 Å². The highest BCUT2D eigenvalue weighted by molar-refractivity contribution is 5.69. The number of carboxylic acids is 1. The Morgan fingerprint density at radius 2 is 2.00 bits per heavy atom. The molecule has 2 N–H and O–H groups in total. The molecule has 0 amide bonds. The van der Waals surface area contributed by atoms with Crippen molar-refractivity contribution < 1.29 is 19.7 Å². The van der Waals surface area contributed by atoms with E-state index in [0.717, 1.165) is 25.7 Å². The van der Waals surface area contributed by atoms with Gasteiger partial charge in [-0.1, -0.05) is 19.3 Å². The van der Waals surface area contributed by atoms with E-state index in [0.29, 0.717) is 19.7 Å². The fourth-order valence-corrected chi connectivity index (χ4v) is 2.41. The predicted molar refractivity (Wildman–Crippen MR) is 64.0 cm³/mol. The topological polar surface area (TPSA) is 70.0 Å². The summed E-state index contributed by atoms with van der Waals surface area (Å²) in [6.07, 6.45) is 4.77. The highest BCUT2D eigenvalue weighted by Crippen LogP contribution is 2.28. The van der Waals surface area contributed by atoms with Gasteiger partial charge in [0, 0.05) is 20.2 Å². The SMILES string of the molecule is COCCN(CC(=O)O)CC1(O)CCCCC1. The van der Waals surface area contributed by atoms with Gasteiger partial charge in [0.25, 0.3) is 0 Å². The van der Waals surface area contributed by atoms with Crippen LogP contribution in [-0.4, -0.2) is 60.0 Å². The molecule has 0 aromatic rings. The summed E-state index contributed by atoms with van der Waals surface area (Å²) in [7, 11) is 1.59. The Morgan fingerprint density at radius 1 is 1.35 bits per heavy atom. The lowest BCUT2D eigenvalue weighted by molar-refractivity contribution is -0.139. The Morgan fingerprint density at radius 3 is 2.53 bits per heavy atom. The normalized spacial score (nSPS) is 19.5. The van der Waals surface area contributed by atoms with Crippen molar-refractivity contribution in [2.24, 2.45) is 0 Å². The molecular formula is C12H23NO4. The zero-order valence-corrected chi connectivity index (χ0v) is 10.5. The molecule has 5 heteroatoms. The third-order valence-corrected chi connectivity index (χ3v) is 3.27. The molecule has 1 fully saturated rings.